The highest BCUT2D eigenvalue weighted by Gasteiger charge is 2.30. The Morgan fingerprint density at radius 3 is 2.26 bits per heavy atom. The summed E-state index contributed by atoms with van der Waals surface area (Å²) in [7, 11) is 4.58. The molecule has 6 heteroatoms. The first kappa shape index (κ1) is 19.0. The molecule has 144 valence electrons. The topological polar surface area (TPSA) is 48.0 Å². The van der Waals surface area contributed by atoms with E-state index in [2.05, 4.69) is 0 Å². The molecular formula is C21H24FNO4. The number of hydrogen-bond acceptors (Lipinski definition) is 4. The van der Waals surface area contributed by atoms with Gasteiger partial charge < -0.3 is 19.1 Å². The van der Waals surface area contributed by atoms with Gasteiger partial charge in [-0.1, -0.05) is 12.1 Å². The summed E-state index contributed by atoms with van der Waals surface area (Å²) < 4.78 is 29.2. The molecule has 2 aromatic carbocycles. The summed E-state index contributed by atoms with van der Waals surface area (Å²) >= 11 is 0. The van der Waals surface area contributed by atoms with Crippen LogP contribution in [0.5, 0.6) is 17.2 Å². The van der Waals surface area contributed by atoms with Gasteiger partial charge in [-0.3, -0.25) is 4.79 Å². The number of carbonyl (C=O) groups is 1. The van der Waals surface area contributed by atoms with Crippen molar-refractivity contribution in [3.05, 3.63) is 53.3 Å². The number of amides is 1. The second-order valence-corrected chi connectivity index (χ2v) is 6.54. The number of likely N-dealkylation sites (tertiary alicyclic amines) is 1. The van der Waals surface area contributed by atoms with Crippen LogP contribution in [0, 0.1) is 5.82 Å². The minimum atomic E-state index is -0.254. The maximum absolute atomic E-state index is 13.2. The lowest BCUT2D eigenvalue weighted by Crippen LogP contribution is -2.36. The highest BCUT2D eigenvalue weighted by Crippen LogP contribution is 2.39. The largest absolute Gasteiger partial charge is 0.493 e. The summed E-state index contributed by atoms with van der Waals surface area (Å²) in [5, 5.41) is 0. The zero-order valence-corrected chi connectivity index (χ0v) is 15.8. The molecule has 0 spiro atoms. The monoisotopic (exact) mass is 373 g/mol. The van der Waals surface area contributed by atoms with Crippen molar-refractivity contribution < 1.29 is 23.4 Å². The summed E-state index contributed by atoms with van der Waals surface area (Å²) in [6.45, 7) is 0.696. The Hall–Kier alpha value is -2.76. The molecule has 3 rings (SSSR count). The molecule has 1 aliphatic heterocycles. The second-order valence-electron chi connectivity index (χ2n) is 6.54. The SMILES string of the molecule is COc1cc(C(=O)N2CCCC2Cc2ccc(F)cc2)cc(OC)c1OC. The van der Waals surface area contributed by atoms with Crippen LogP contribution in [-0.2, 0) is 6.42 Å². The Kier molecular flexibility index (Phi) is 5.84. The predicted octanol–water partition coefficient (Wildman–Crippen LogP) is 3.70. The molecule has 0 N–H and O–H groups in total. The van der Waals surface area contributed by atoms with E-state index in [1.165, 1.54) is 33.5 Å². The molecule has 5 nitrogen and oxygen atoms in total. The highest BCUT2D eigenvalue weighted by atomic mass is 19.1. The smallest absolute Gasteiger partial charge is 0.254 e. The molecule has 0 bridgehead atoms. The van der Waals surface area contributed by atoms with Crippen LogP contribution in [-0.4, -0.2) is 44.7 Å². The van der Waals surface area contributed by atoms with Crippen LogP contribution in [0.2, 0.25) is 0 Å². The van der Waals surface area contributed by atoms with Crippen LogP contribution < -0.4 is 14.2 Å². The number of carbonyl (C=O) groups excluding carboxylic acids is 1. The molecule has 0 saturated carbocycles. The van der Waals surface area contributed by atoms with Crippen LogP contribution in [0.3, 0.4) is 0 Å². The molecule has 1 amide bonds. The minimum Gasteiger partial charge on any atom is -0.493 e. The predicted molar refractivity (Wildman–Crippen MR) is 100 cm³/mol. The van der Waals surface area contributed by atoms with E-state index in [0.29, 0.717) is 35.8 Å². The normalized spacial score (nSPS) is 16.3. The van der Waals surface area contributed by atoms with E-state index in [-0.39, 0.29) is 17.8 Å². The highest BCUT2D eigenvalue weighted by molar-refractivity contribution is 5.96. The average Bonchev–Trinajstić information content (AvgIpc) is 3.15. The average molecular weight is 373 g/mol. The van der Waals surface area contributed by atoms with Gasteiger partial charge >= 0.3 is 0 Å². The molecule has 2 aromatic rings. The van der Waals surface area contributed by atoms with Crippen molar-refractivity contribution in [2.45, 2.75) is 25.3 Å². The number of methoxy groups -OCH3 is 3. The third-order valence-corrected chi connectivity index (χ3v) is 4.93. The maximum Gasteiger partial charge on any atom is 0.254 e. The summed E-state index contributed by atoms with van der Waals surface area (Å²) in [6.07, 6.45) is 2.58. The lowest BCUT2D eigenvalue weighted by atomic mass is 10.0. The van der Waals surface area contributed by atoms with E-state index in [1.807, 2.05) is 4.90 Å². The maximum atomic E-state index is 13.2. The van der Waals surface area contributed by atoms with Crippen molar-refractivity contribution in [1.82, 2.24) is 4.90 Å². The number of nitrogens with zero attached hydrogens (tertiary/aromatic N) is 1. The zero-order chi connectivity index (χ0) is 19.4. The first-order valence-corrected chi connectivity index (χ1v) is 8.92. The van der Waals surface area contributed by atoms with Crippen LogP contribution >= 0.6 is 0 Å². The molecule has 1 fully saturated rings. The first-order valence-electron chi connectivity index (χ1n) is 8.92. The molecule has 1 heterocycles. The Morgan fingerprint density at radius 2 is 1.70 bits per heavy atom. The zero-order valence-electron chi connectivity index (χ0n) is 15.8. The molecule has 1 aliphatic rings. The van der Waals surface area contributed by atoms with E-state index >= 15 is 0 Å². The quantitative estimate of drug-likeness (QED) is 0.775. The third-order valence-electron chi connectivity index (χ3n) is 4.93. The van der Waals surface area contributed by atoms with Gasteiger partial charge in [0.1, 0.15) is 5.82 Å². The fraction of sp³-hybridized carbons (Fsp3) is 0.381. The van der Waals surface area contributed by atoms with Gasteiger partial charge in [0.25, 0.3) is 5.91 Å². The van der Waals surface area contributed by atoms with Crippen LogP contribution in [0.1, 0.15) is 28.8 Å². The summed E-state index contributed by atoms with van der Waals surface area (Å²) in [4.78, 5) is 15.0. The third kappa shape index (κ3) is 3.99. The molecule has 1 unspecified atom stereocenters. The van der Waals surface area contributed by atoms with Gasteiger partial charge in [0.2, 0.25) is 5.75 Å². The summed E-state index contributed by atoms with van der Waals surface area (Å²) in [5.41, 5.74) is 1.52. The summed E-state index contributed by atoms with van der Waals surface area (Å²) in [6, 6.07) is 9.90. The van der Waals surface area contributed by atoms with E-state index in [1.54, 1.807) is 24.3 Å². The van der Waals surface area contributed by atoms with Gasteiger partial charge in [0.05, 0.1) is 21.3 Å². The molecule has 0 aromatic heterocycles. The van der Waals surface area contributed by atoms with E-state index < -0.39 is 0 Å². The van der Waals surface area contributed by atoms with Gasteiger partial charge in [-0.05, 0) is 49.1 Å². The minimum absolute atomic E-state index is 0.0705. The van der Waals surface area contributed by atoms with Crippen molar-refractivity contribution in [2.24, 2.45) is 0 Å². The standard InChI is InChI=1S/C21H24FNO4/c1-25-18-12-15(13-19(26-2)20(18)27-3)21(24)23-10-4-5-17(23)11-14-6-8-16(22)9-7-14/h6-9,12-13,17H,4-5,10-11H2,1-3H3. The number of hydrogen-bond donors (Lipinski definition) is 0. The summed E-state index contributed by atoms with van der Waals surface area (Å²) in [5.74, 6) is 1.04. The van der Waals surface area contributed by atoms with Gasteiger partial charge in [0, 0.05) is 18.2 Å². The number of rotatable bonds is 6. The number of halogens is 1. The van der Waals surface area contributed by atoms with E-state index in [0.717, 1.165) is 18.4 Å². The molecule has 27 heavy (non-hydrogen) atoms. The molecule has 1 saturated heterocycles. The second kappa shape index (κ2) is 8.29. The van der Waals surface area contributed by atoms with Crippen molar-refractivity contribution in [3.63, 3.8) is 0 Å². The van der Waals surface area contributed by atoms with Crippen molar-refractivity contribution in [1.29, 1.82) is 0 Å². The molecule has 0 radical (unpaired) electrons. The van der Waals surface area contributed by atoms with Crippen molar-refractivity contribution in [2.75, 3.05) is 27.9 Å². The Bertz CT molecular complexity index is 781. The van der Waals surface area contributed by atoms with Gasteiger partial charge in [-0.25, -0.2) is 4.39 Å². The molecule has 0 aliphatic carbocycles. The van der Waals surface area contributed by atoms with Crippen LogP contribution in [0.15, 0.2) is 36.4 Å². The Labute approximate surface area is 158 Å². The lowest BCUT2D eigenvalue weighted by Gasteiger charge is -2.25. The molecular weight excluding hydrogens is 349 g/mol. The lowest BCUT2D eigenvalue weighted by molar-refractivity contribution is 0.0735. The van der Waals surface area contributed by atoms with Crippen molar-refractivity contribution in [3.8, 4) is 17.2 Å². The van der Waals surface area contributed by atoms with Crippen LogP contribution in [0.4, 0.5) is 4.39 Å². The fourth-order valence-electron chi connectivity index (χ4n) is 3.58. The van der Waals surface area contributed by atoms with E-state index in [9.17, 15) is 9.18 Å². The van der Waals surface area contributed by atoms with E-state index in [4.69, 9.17) is 14.2 Å². The van der Waals surface area contributed by atoms with Gasteiger partial charge in [-0.15, -0.1) is 0 Å². The van der Waals surface area contributed by atoms with Crippen LogP contribution in [0.25, 0.3) is 0 Å². The number of ether oxygens (including phenoxy) is 3. The number of benzene rings is 2. The first-order chi connectivity index (χ1) is 13.1. The van der Waals surface area contributed by atoms with Gasteiger partial charge in [-0.2, -0.15) is 0 Å². The molecule has 1 atom stereocenters. The fourth-order valence-corrected chi connectivity index (χ4v) is 3.58. The Balaban J connectivity index is 1.84. The van der Waals surface area contributed by atoms with Crippen molar-refractivity contribution >= 4 is 5.91 Å². The Morgan fingerprint density at radius 1 is 1.07 bits per heavy atom. The van der Waals surface area contributed by atoms with Gasteiger partial charge in [0.15, 0.2) is 11.5 Å².